The van der Waals surface area contributed by atoms with Crippen LogP contribution < -0.4 is 4.90 Å². The van der Waals surface area contributed by atoms with Crippen LogP contribution in [-0.2, 0) is 9.84 Å². The van der Waals surface area contributed by atoms with E-state index in [1.807, 2.05) is 13.8 Å². The van der Waals surface area contributed by atoms with Crippen molar-refractivity contribution in [3.05, 3.63) is 17.3 Å². The second-order valence-corrected chi connectivity index (χ2v) is 8.04. The fraction of sp³-hybridized carbons (Fsp3) is 0.500. The molecule has 0 radical (unpaired) electrons. The van der Waals surface area contributed by atoms with E-state index < -0.39 is 9.84 Å². The van der Waals surface area contributed by atoms with Gasteiger partial charge in [0.1, 0.15) is 17.0 Å². The van der Waals surface area contributed by atoms with Crippen molar-refractivity contribution in [2.45, 2.75) is 19.9 Å². The van der Waals surface area contributed by atoms with Crippen molar-refractivity contribution in [2.75, 3.05) is 23.0 Å². The first-order valence-corrected chi connectivity index (χ1v) is 8.84. The van der Waals surface area contributed by atoms with Crippen LogP contribution in [0.4, 0.5) is 5.82 Å². The third kappa shape index (κ3) is 2.21. The van der Waals surface area contributed by atoms with Gasteiger partial charge in [-0.15, -0.1) is 11.3 Å². The van der Waals surface area contributed by atoms with Crippen LogP contribution in [0.3, 0.4) is 0 Å². The molecule has 1 atom stereocenters. The van der Waals surface area contributed by atoms with Gasteiger partial charge < -0.3 is 4.90 Å². The third-order valence-corrected chi connectivity index (χ3v) is 6.28. The first-order valence-electron chi connectivity index (χ1n) is 6.14. The van der Waals surface area contributed by atoms with Crippen molar-refractivity contribution < 1.29 is 8.42 Å². The molecule has 0 N–H and O–H groups in total. The lowest BCUT2D eigenvalue weighted by atomic mass is 10.2. The second-order valence-electron chi connectivity index (χ2n) is 4.95. The standard InChI is InChI=1S/C12H15N3O2S2/c1-8-5-18-12-10(8)11(13-7-14-12)15-3-4-19(16,17)6-9(15)2/h5,7,9H,3-4,6H2,1-2H3. The Morgan fingerprint density at radius 1 is 1.42 bits per heavy atom. The van der Waals surface area contributed by atoms with Gasteiger partial charge in [0.15, 0.2) is 9.84 Å². The summed E-state index contributed by atoms with van der Waals surface area (Å²) < 4.78 is 23.3. The normalized spacial score (nSPS) is 22.8. The number of hydrogen-bond acceptors (Lipinski definition) is 6. The van der Waals surface area contributed by atoms with Crippen LogP contribution in [0.2, 0.25) is 0 Å². The monoisotopic (exact) mass is 297 g/mol. The van der Waals surface area contributed by atoms with Gasteiger partial charge in [-0.05, 0) is 24.8 Å². The van der Waals surface area contributed by atoms with E-state index in [9.17, 15) is 8.42 Å². The highest BCUT2D eigenvalue weighted by molar-refractivity contribution is 7.91. The molecule has 1 aliphatic heterocycles. The lowest BCUT2D eigenvalue weighted by Crippen LogP contribution is -2.47. The number of sulfone groups is 1. The number of aromatic nitrogens is 2. The Balaban J connectivity index is 2.08. The first kappa shape index (κ1) is 12.8. The molecule has 102 valence electrons. The van der Waals surface area contributed by atoms with Crippen LogP contribution in [-0.4, -0.2) is 42.5 Å². The summed E-state index contributed by atoms with van der Waals surface area (Å²) in [7, 11) is -2.91. The third-order valence-electron chi connectivity index (χ3n) is 3.48. The maximum atomic E-state index is 11.7. The Morgan fingerprint density at radius 2 is 2.21 bits per heavy atom. The van der Waals surface area contributed by atoms with Crippen LogP contribution >= 0.6 is 11.3 Å². The molecule has 0 bridgehead atoms. The summed E-state index contributed by atoms with van der Waals surface area (Å²) in [5.41, 5.74) is 1.15. The summed E-state index contributed by atoms with van der Waals surface area (Å²) in [4.78, 5) is 11.7. The number of hydrogen-bond donors (Lipinski definition) is 0. The SMILES string of the molecule is Cc1csc2ncnc(N3CCS(=O)(=O)CC3C)c12. The number of aryl methyl sites for hydroxylation is 1. The molecule has 0 aromatic carbocycles. The number of anilines is 1. The van der Waals surface area contributed by atoms with E-state index >= 15 is 0 Å². The van der Waals surface area contributed by atoms with Gasteiger partial charge in [-0.1, -0.05) is 0 Å². The molecule has 19 heavy (non-hydrogen) atoms. The predicted molar refractivity (Wildman–Crippen MR) is 77.6 cm³/mol. The van der Waals surface area contributed by atoms with Crippen LogP contribution in [0.15, 0.2) is 11.7 Å². The Labute approximate surface area is 116 Å². The van der Waals surface area contributed by atoms with Gasteiger partial charge in [0.25, 0.3) is 0 Å². The van der Waals surface area contributed by atoms with E-state index in [4.69, 9.17) is 0 Å². The highest BCUT2D eigenvalue weighted by Gasteiger charge is 2.30. The molecule has 3 heterocycles. The quantitative estimate of drug-likeness (QED) is 0.800. The molecule has 5 nitrogen and oxygen atoms in total. The van der Waals surface area contributed by atoms with Crippen molar-refractivity contribution in [1.29, 1.82) is 0 Å². The van der Waals surface area contributed by atoms with E-state index in [2.05, 4.69) is 20.2 Å². The lowest BCUT2D eigenvalue weighted by molar-refractivity contribution is 0.567. The average molecular weight is 297 g/mol. The lowest BCUT2D eigenvalue weighted by Gasteiger charge is -2.34. The van der Waals surface area contributed by atoms with Crippen LogP contribution in [0.25, 0.3) is 10.2 Å². The van der Waals surface area contributed by atoms with E-state index in [1.54, 1.807) is 17.7 Å². The average Bonchev–Trinajstić information content (AvgIpc) is 2.71. The van der Waals surface area contributed by atoms with Crippen LogP contribution in [0, 0.1) is 6.92 Å². The molecule has 1 saturated heterocycles. The maximum Gasteiger partial charge on any atom is 0.154 e. The van der Waals surface area contributed by atoms with Crippen LogP contribution in [0.1, 0.15) is 12.5 Å². The molecule has 2 aromatic heterocycles. The Hall–Kier alpha value is -1.21. The predicted octanol–water partition coefficient (Wildman–Crippen LogP) is 1.62. The largest absolute Gasteiger partial charge is 0.351 e. The summed E-state index contributed by atoms with van der Waals surface area (Å²) in [5.74, 6) is 1.26. The van der Waals surface area contributed by atoms with Gasteiger partial charge in [-0.25, -0.2) is 18.4 Å². The minimum Gasteiger partial charge on any atom is -0.351 e. The van der Waals surface area contributed by atoms with Gasteiger partial charge in [-0.2, -0.15) is 0 Å². The molecule has 0 saturated carbocycles. The molecule has 1 fully saturated rings. The zero-order valence-electron chi connectivity index (χ0n) is 10.8. The van der Waals surface area contributed by atoms with Gasteiger partial charge >= 0.3 is 0 Å². The van der Waals surface area contributed by atoms with Crippen LogP contribution in [0.5, 0.6) is 0 Å². The molecule has 1 unspecified atom stereocenters. The summed E-state index contributed by atoms with van der Waals surface area (Å²) in [6, 6.07) is -0.0452. The van der Waals surface area contributed by atoms with E-state index in [0.717, 1.165) is 21.6 Å². The fourth-order valence-corrected chi connectivity index (χ4v) is 4.97. The summed E-state index contributed by atoms with van der Waals surface area (Å²) in [5, 5.41) is 3.12. The van der Waals surface area contributed by atoms with Gasteiger partial charge in [-0.3, -0.25) is 0 Å². The molecular formula is C12H15N3O2S2. The molecule has 2 aromatic rings. The van der Waals surface area contributed by atoms with E-state index in [0.29, 0.717) is 6.54 Å². The van der Waals surface area contributed by atoms with Crippen molar-refractivity contribution in [3.63, 3.8) is 0 Å². The van der Waals surface area contributed by atoms with Crippen molar-refractivity contribution in [3.8, 4) is 0 Å². The zero-order chi connectivity index (χ0) is 13.6. The molecule has 0 spiro atoms. The van der Waals surface area contributed by atoms with E-state index in [-0.39, 0.29) is 17.5 Å². The van der Waals surface area contributed by atoms with Crippen molar-refractivity contribution in [1.82, 2.24) is 9.97 Å². The van der Waals surface area contributed by atoms with Crippen molar-refractivity contribution >= 4 is 37.2 Å². The zero-order valence-corrected chi connectivity index (χ0v) is 12.5. The number of fused-ring (bicyclic) bond motifs is 1. The Bertz CT molecular complexity index is 724. The number of nitrogens with zero attached hydrogens (tertiary/aromatic N) is 3. The minimum absolute atomic E-state index is 0.0452. The van der Waals surface area contributed by atoms with Crippen molar-refractivity contribution in [2.24, 2.45) is 0 Å². The van der Waals surface area contributed by atoms with Gasteiger partial charge in [0.05, 0.1) is 16.9 Å². The highest BCUT2D eigenvalue weighted by atomic mass is 32.2. The first-order chi connectivity index (χ1) is 8.98. The summed E-state index contributed by atoms with van der Waals surface area (Å²) >= 11 is 1.60. The molecule has 0 aliphatic carbocycles. The second kappa shape index (κ2) is 4.42. The number of thiophene rings is 1. The minimum atomic E-state index is -2.91. The van der Waals surface area contributed by atoms with E-state index in [1.165, 1.54) is 0 Å². The maximum absolute atomic E-state index is 11.7. The molecule has 7 heteroatoms. The summed E-state index contributed by atoms with van der Waals surface area (Å²) in [6.07, 6.45) is 1.56. The fourth-order valence-electron chi connectivity index (χ4n) is 2.53. The van der Waals surface area contributed by atoms with Gasteiger partial charge in [0, 0.05) is 12.6 Å². The Kier molecular flexibility index (Phi) is 2.98. The topological polar surface area (TPSA) is 63.2 Å². The Morgan fingerprint density at radius 3 is 2.95 bits per heavy atom. The number of rotatable bonds is 1. The molecule has 0 amide bonds. The smallest absolute Gasteiger partial charge is 0.154 e. The molecular weight excluding hydrogens is 282 g/mol. The molecule has 1 aliphatic rings. The highest BCUT2D eigenvalue weighted by Crippen LogP contribution is 2.32. The summed E-state index contributed by atoms with van der Waals surface area (Å²) in [6.45, 7) is 4.48. The molecule has 3 rings (SSSR count). The van der Waals surface area contributed by atoms with Gasteiger partial charge in [0.2, 0.25) is 0 Å².